The van der Waals surface area contributed by atoms with Gasteiger partial charge >= 0.3 is 5.63 Å². The van der Waals surface area contributed by atoms with E-state index in [1.54, 1.807) is 12.1 Å². The van der Waals surface area contributed by atoms with Crippen molar-refractivity contribution in [3.8, 4) is 11.5 Å². The highest BCUT2D eigenvalue weighted by atomic mass is 16.5. The highest BCUT2D eigenvalue weighted by Crippen LogP contribution is 2.38. The Hall–Kier alpha value is -3.03. The van der Waals surface area contributed by atoms with Gasteiger partial charge in [0.05, 0.1) is 0 Å². The molecule has 1 aromatic heterocycles. The molecule has 0 radical (unpaired) electrons. The summed E-state index contributed by atoms with van der Waals surface area (Å²) < 4.78 is 16.2. The fourth-order valence-electron chi connectivity index (χ4n) is 3.01. The number of benzene rings is 1. The lowest BCUT2D eigenvalue weighted by Crippen LogP contribution is -2.22. The van der Waals surface area contributed by atoms with E-state index in [0.717, 1.165) is 30.2 Å². The molecule has 2 aromatic rings. The molecule has 3 rings (SSSR count). The maximum absolute atomic E-state index is 12.3. The minimum absolute atomic E-state index is 0.0584. The molecule has 0 bridgehead atoms. The zero-order valence-electron chi connectivity index (χ0n) is 13.5. The highest BCUT2D eigenvalue weighted by Gasteiger charge is 2.22. The van der Waals surface area contributed by atoms with Crippen LogP contribution in [0, 0.1) is 0 Å². The Kier molecular flexibility index (Phi) is 4.60. The number of amides is 2. The number of fused-ring (bicyclic) bond motifs is 3. The molecule has 2 amide bonds. The van der Waals surface area contributed by atoms with Gasteiger partial charge < -0.3 is 25.4 Å². The minimum Gasteiger partial charge on any atom is -0.480 e. The third-order valence-electron chi connectivity index (χ3n) is 4.04. The van der Waals surface area contributed by atoms with E-state index in [4.69, 9.17) is 25.4 Å². The molecule has 0 fully saturated rings. The predicted molar refractivity (Wildman–Crippen MR) is 88.5 cm³/mol. The first kappa shape index (κ1) is 16.8. The summed E-state index contributed by atoms with van der Waals surface area (Å²) in [4.78, 5) is 34.4. The van der Waals surface area contributed by atoms with E-state index in [0.29, 0.717) is 12.0 Å². The van der Waals surface area contributed by atoms with Gasteiger partial charge in [0.2, 0.25) is 5.75 Å². The van der Waals surface area contributed by atoms with E-state index in [1.807, 2.05) is 0 Å². The van der Waals surface area contributed by atoms with E-state index >= 15 is 0 Å². The van der Waals surface area contributed by atoms with Gasteiger partial charge in [0, 0.05) is 10.9 Å². The van der Waals surface area contributed by atoms with Gasteiger partial charge in [-0.2, -0.15) is 0 Å². The number of carbonyl (C=O) groups excluding carboxylic acids is 2. The van der Waals surface area contributed by atoms with Gasteiger partial charge in [0.1, 0.15) is 0 Å². The second kappa shape index (κ2) is 6.84. The number of hydrogen-bond acceptors (Lipinski definition) is 6. The standard InChI is InChI=1S/C17H18N2O6/c18-13(20)7-23-12-6-5-10-9-3-1-2-4-11(9)17(22)25-15(10)16(12)24-8-14(19)21/h5-6H,1-4,7-8H2,(H2,18,20)(H2,19,21). The average molecular weight is 346 g/mol. The lowest BCUT2D eigenvalue weighted by molar-refractivity contribution is -0.121. The minimum atomic E-state index is -0.696. The van der Waals surface area contributed by atoms with Crippen molar-refractivity contribution >= 4 is 22.8 Å². The fraction of sp³-hybridized carbons (Fsp3) is 0.353. The molecule has 4 N–H and O–H groups in total. The molecule has 1 aliphatic rings. The third kappa shape index (κ3) is 3.42. The van der Waals surface area contributed by atoms with Crippen LogP contribution in [-0.4, -0.2) is 25.0 Å². The van der Waals surface area contributed by atoms with Crippen molar-refractivity contribution in [3.05, 3.63) is 33.7 Å². The van der Waals surface area contributed by atoms with Crippen LogP contribution in [0.1, 0.15) is 24.0 Å². The summed E-state index contributed by atoms with van der Waals surface area (Å²) in [7, 11) is 0. The summed E-state index contributed by atoms with van der Waals surface area (Å²) in [5.41, 5.74) is 11.5. The summed E-state index contributed by atoms with van der Waals surface area (Å²) in [6.45, 7) is -0.805. The van der Waals surface area contributed by atoms with Crippen LogP contribution in [0.5, 0.6) is 11.5 Å². The van der Waals surface area contributed by atoms with Crippen LogP contribution in [-0.2, 0) is 22.4 Å². The average Bonchev–Trinajstić information content (AvgIpc) is 2.58. The first-order valence-electron chi connectivity index (χ1n) is 7.91. The topological polar surface area (TPSA) is 135 Å². The van der Waals surface area contributed by atoms with Gasteiger partial charge in [-0.05, 0) is 43.4 Å². The quantitative estimate of drug-likeness (QED) is 0.727. The Balaban J connectivity index is 2.16. The molecule has 0 unspecified atom stereocenters. The Morgan fingerprint density at radius 2 is 1.64 bits per heavy atom. The number of aryl methyl sites for hydroxylation is 1. The molecule has 8 nitrogen and oxygen atoms in total. The van der Waals surface area contributed by atoms with Crippen molar-refractivity contribution in [1.29, 1.82) is 0 Å². The summed E-state index contributed by atoms with van der Waals surface area (Å²) in [5, 5.41) is 0.722. The summed E-state index contributed by atoms with van der Waals surface area (Å²) in [6, 6.07) is 3.34. The van der Waals surface area contributed by atoms with Crippen molar-refractivity contribution in [2.75, 3.05) is 13.2 Å². The van der Waals surface area contributed by atoms with E-state index in [-0.39, 0.29) is 23.7 Å². The molecule has 0 saturated carbocycles. The zero-order valence-corrected chi connectivity index (χ0v) is 13.5. The van der Waals surface area contributed by atoms with Crippen molar-refractivity contribution in [2.45, 2.75) is 25.7 Å². The molecule has 0 atom stereocenters. The summed E-state index contributed by atoms with van der Waals surface area (Å²) >= 11 is 0. The van der Waals surface area contributed by atoms with Crippen LogP contribution in [0.25, 0.3) is 11.0 Å². The van der Waals surface area contributed by atoms with Gasteiger partial charge in [-0.25, -0.2) is 4.79 Å². The van der Waals surface area contributed by atoms with E-state index in [2.05, 4.69) is 0 Å². The van der Waals surface area contributed by atoms with Gasteiger partial charge in [-0.1, -0.05) is 0 Å². The van der Waals surface area contributed by atoms with Gasteiger partial charge in [-0.15, -0.1) is 0 Å². The SMILES string of the molecule is NC(=O)COc1ccc2c3c(c(=O)oc2c1OCC(N)=O)CCCC3. The molecular weight excluding hydrogens is 328 g/mol. The molecule has 8 heteroatoms. The molecule has 1 aromatic carbocycles. The molecule has 132 valence electrons. The van der Waals surface area contributed by atoms with Crippen molar-refractivity contribution in [2.24, 2.45) is 11.5 Å². The second-order valence-electron chi connectivity index (χ2n) is 5.83. The van der Waals surface area contributed by atoms with Crippen LogP contribution in [0.3, 0.4) is 0 Å². The maximum atomic E-state index is 12.3. The molecule has 0 aliphatic heterocycles. The zero-order chi connectivity index (χ0) is 18.0. The van der Waals surface area contributed by atoms with Gasteiger partial charge in [0.25, 0.3) is 11.8 Å². The number of rotatable bonds is 6. The van der Waals surface area contributed by atoms with Crippen LogP contribution >= 0.6 is 0 Å². The maximum Gasteiger partial charge on any atom is 0.339 e. The molecule has 1 heterocycles. The Labute approximate surface area is 142 Å². The number of ether oxygens (including phenoxy) is 2. The van der Waals surface area contributed by atoms with E-state index in [9.17, 15) is 14.4 Å². The lowest BCUT2D eigenvalue weighted by atomic mass is 9.90. The normalized spacial score (nSPS) is 13.3. The van der Waals surface area contributed by atoms with Gasteiger partial charge in [0.15, 0.2) is 24.5 Å². The first-order valence-corrected chi connectivity index (χ1v) is 7.91. The monoisotopic (exact) mass is 346 g/mol. The number of nitrogens with two attached hydrogens (primary N) is 2. The highest BCUT2D eigenvalue weighted by molar-refractivity contribution is 5.89. The fourth-order valence-corrected chi connectivity index (χ4v) is 3.01. The Morgan fingerprint density at radius 1 is 1.00 bits per heavy atom. The van der Waals surface area contributed by atoms with Crippen LogP contribution in [0.2, 0.25) is 0 Å². The molecule has 1 aliphatic carbocycles. The summed E-state index contributed by atoms with van der Waals surface area (Å²) in [5.74, 6) is -1.17. The lowest BCUT2D eigenvalue weighted by Gasteiger charge is -2.18. The van der Waals surface area contributed by atoms with Crippen LogP contribution < -0.4 is 26.6 Å². The molecule has 0 saturated heterocycles. The second-order valence-corrected chi connectivity index (χ2v) is 5.83. The number of carbonyl (C=O) groups is 2. The molecule has 0 spiro atoms. The predicted octanol–water partition coefficient (Wildman–Crippen LogP) is 0.400. The first-order chi connectivity index (χ1) is 12.0. The third-order valence-corrected chi connectivity index (χ3v) is 4.04. The molecular formula is C17H18N2O6. The number of hydrogen-bond donors (Lipinski definition) is 2. The number of primary amides is 2. The van der Waals surface area contributed by atoms with Gasteiger partial charge in [-0.3, -0.25) is 9.59 Å². The molecule has 25 heavy (non-hydrogen) atoms. The van der Waals surface area contributed by atoms with Crippen molar-refractivity contribution in [1.82, 2.24) is 0 Å². The van der Waals surface area contributed by atoms with Crippen LogP contribution in [0.4, 0.5) is 0 Å². The van der Waals surface area contributed by atoms with E-state index in [1.165, 1.54) is 0 Å². The summed E-state index contributed by atoms with van der Waals surface area (Å²) in [6.07, 6.45) is 3.34. The largest absolute Gasteiger partial charge is 0.480 e. The van der Waals surface area contributed by atoms with Crippen molar-refractivity contribution < 1.29 is 23.5 Å². The van der Waals surface area contributed by atoms with E-state index < -0.39 is 24.0 Å². The Bertz CT molecular complexity index is 902. The smallest absolute Gasteiger partial charge is 0.339 e. The van der Waals surface area contributed by atoms with Crippen molar-refractivity contribution in [3.63, 3.8) is 0 Å². The Morgan fingerprint density at radius 3 is 2.32 bits per heavy atom. The van der Waals surface area contributed by atoms with Crippen LogP contribution in [0.15, 0.2) is 21.3 Å².